The lowest BCUT2D eigenvalue weighted by molar-refractivity contribution is -0.119. The molecule has 0 spiro atoms. The molecule has 0 unspecified atom stereocenters. The monoisotopic (exact) mass is 386 g/mol. The predicted molar refractivity (Wildman–Crippen MR) is 108 cm³/mol. The van der Waals surface area contributed by atoms with Gasteiger partial charge < -0.3 is 14.8 Å². The molecule has 6 nitrogen and oxygen atoms in total. The van der Waals surface area contributed by atoms with Gasteiger partial charge in [-0.15, -0.1) is 0 Å². The van der Waals surface area contributed by atoms with Crippen molar-refractivity contribution in [3.8, 4) is 22.9 Å². The van der Waals surface area contributed by atoms with Gasteiger partial charge in [0.2, 0.25) is 0 Å². The smallest absolute Gasteiger partial charge is 0.339 e. The van der Waals surface area contributed by atoms with Crippen LogP contribution >= 0.6 is 0 Å². The van der Waals surface area contributed by atoms with E-state index >= 15 is 0 Å². The van der Waals surface area contributed by atoms with Crippen LogP contribution in [-0.4, -0.2) is 25.6 Å². The first-order valence-electron chi connectivity index (χ1n) is 8.82. The van der Waals surface area contributed by atoms with Crippen LogP contribution in [0.15, 0.2) is 72.8 Å². The summed E-state index contributed by atoms with van der Waals surface area (Å²) in [6.07, 6.45) is 0. The van der Waals surface area contributed by atoms with Crippen molar-refractivity contribution in [2.75, 3.05) is 19.0 Å². The van der Waals surface area contributed by atoms with Gasteiger partial charge in [-0.25, -0.2) is 4.79 Å². The summed E-state index contributed by atoms with van der Waals surface area (Å²) >= 11 is 0. The van der Waals surface area contributed by atoms with Crippen molar-refractivity contribution >= 4 is 17.6 Å². The molecule has 0 aromatic heterocycles. The molecule has 3 aromatic rings. The van der Waals surface area contributed by atoms with E-state index in [1.807, 2.05) is 0 Å². The van der Waals surface area contributed by atoms with Crippen LogP contribution in [0, 0.1) is 11.3 Å². The lowest BCUT2D eigenvalue weighted by Crippen LogP contribution is -2.21. The Kier molecular flexibility index (Phi) is 6.23. The van der Waals surface area contributed by atoms with Crippen molar-refractivity contribution in [3.05, 3.63) is 83.9 Å². The van der Waals surface area contributed by atoms with Gasteiger partial charge in [0.25, 0.3) is 5.91 Å². The molecule has 0 aliphatic heterocycles. The Balaban J connectivity index is 1.70. The van der Waals surface area contributed by atoms with E-state index in [2.05, 4.69) is 11.4 Å². The molecular weight excluding hydrogens is 368 g/mol. The van der Waals surface area contributed by atoms with Crippen LogP contribution in [0.4, 0.5) is 5.69 Å². The van der Waals surface area contributed by atoms with E-state index in [4.69, 9.17) is 9.47 Å². The van der Waals surface area contributed by atoms with Gasteiger partial charge >= 0.3 is 5.97 Å². The summed E-state index contributed by atoms with van der Waals surface area (Å²) in [7, 11) is 1.56. The number of ether oxygens (including phenoxy) is 2. The van der Waals surface area contributed by atoms with E-state index in [-0.39, 0.29) is 5.56 Å². The fraction of sp³-hybridized carbons (Fsp3) is 0.0870. The molecule has 0 radical (unpaired) electrons. The average molecular weight is 386 g/mol. The SMILES string of the molecule is COc1ccc(NC(=O)COC(=O)c2ccccc2-c2ccccc2C#N)cc1. The molecule has 0 atom stereocenters. The molecule has 1 amide bonds. The normalized spacial score (nSPS) is 9.93. The maximum Gasteiger partial charge on any atom is 0.339 e. The largest absolute Gasteiger partial charge is 0.497 e. The van der Waals surface area contributed by atoms with E-state index in [9.17, 15) is 14.9 Å². The standard InChI is InChI=1S/C23H18N2O4/c1-28-18-12-10-17(11-13-18)25-22(26)15-29-23(27)21-9-5-4-8-20(21)19-7-3-2-6-16(19)14-24/h2-13H,15H2,1H3,(H,25,26). The number of esters is 1. The molecule has 29 heavy (non-hydrogen) atoms. The molecule has 6 heteroatoms. The molecular formula is C23H18N2O4. The lowest BCUT2D eigenvalue weighted by atomic mass is 9.96. The fourth-order valence-corrected chi connectivity index (χ4v) is 2.79. The van der Waals surface area contributed by atoms with Gasteiger partial charge in [-0.3, -0.25) is 4.79 Å². The van der Waals surface area contributed by atoms with E-state index < -0.39 is 18.5 Å². The van der Waals surface area contributed by atoms with Gasteiger partial charge in [-0.1, -0.05) is 36.4 Å². The van der Waals surface area contributed by atoms with Crippen LogP contribution in [0.25, 0.3) is 11.1 Å². The second-order valence-corrected chi connectivity index (χ2v) is 6.06. The van der Waals surface area contributed by atoms with Crippen LogP contribution in [0.5, 0.6) is 5.75 Å². The van der Waals surface area contributed by atoms with Crippen LogP contribution in [0.1, 0.15) is 15.9 Å². The molecule has 1 N–H and O–H groups in total. The van der Waals surface area contributed by atoms with Gasteiger partial charge in [0, 0.05) is 11.3 Å². The summed E-state index contributed by atoms with van der Waals surface area (Å²) in [5.74, 6) is -0.430. The molecule has 0 bridgehead atoms. The Morgan fingerprint density at radius 2 is 1.59 bits per heavy atom. The van der Waals surface area contributed by atoms with E-state index in [1.54, 1.807) is 79.9 Å². The number of hydrogen-bond acceptors (Lipinski definition) is 5. The Labute approximate surface area is 168 Å². The Bertz CT molecular complexity index is 1070. The molecule has 0 heterocycles. The highest BCUT2D eigenvalue weighted by molar-refractivity contribution is 6.00. The first kappa shape index (κ1) is 19.6. The third kappa shape index (κ3) is 4.79. The molecule has 0 saturated carbocycles. The molecule has 0 saturated heterocycles. The summed E-state index contributed by atoms with van der Waals surface area (Å²) in [5.41, 5.74) is 2.50. The highest BCUT2D eigenvalue weighted by Gasteiger charge is 2.17. The van der Waals surface area contributed by atoms with Crippen molar-refractivity contribution in [3.63, 3.8) is 0 Å². The van der Waals surface area contributed by atoms with Gasteiger partial charge in [0.1, 0.15) is 5.75 Å². The minimum absolute atomic E-state index is 0.285. The summed E-state index contributed by atoms with van der Waals surface area (Å²) in [5, 5.41) is 12.0. The topological polar surface area (TPSA) is 88.4 Å². The molecule has 0 fully saturated rings. The average Bonchev–Trinajstić information content (AvgIpc) is 2.78. The van der Waals surface area contributed by atoms with Crippen LogP contribution in [0.2, 0.25) is 0 Å². The molecule has 3 rings (SSSR count). The van der Waals surface area contributed by atoms with Crippen molar-refractivity contribution in [2.45, 2.75) is 0 Å². The minimum Gasteiger partial charge on any atom is -0.497 e. The number of methoxy groups -OCH3 is 1. The number of nitriles is 1. The second-order valence-electron chi connectivity index (χ2n) is 6.06. The maximum atomic E-state index is 12.6. The first-order valence-corrected chi connectivity index (χ1v) is 8.82. The van der Waals surface area contributed by atoms with Gasteiger partial charge in [-0.05, 0) is 42.0 Å². The molecule has 3 aromatic carbocycles. The number of benzene rings is 3. The number of rotatable bonds is 6. The zero-order valence-corrected chi connectivity index (χ0v) is 15.7. The van der Waals surface area contributed by atoms with Crippen molar-refractivity contribution < 1.29 is 19.1 Å². The number of carbonyl (C=O) groups excluding carboxylic acids is 2. The van der Waals surface area contributed by atoms with Gasteiger partial charge in [-0.2, -0.15) is 5.26 Å². The summed E-state index contributed by atoms with van der Waals surface area (Å²) in [6.45, 7) is -0.431. The van der Waals surface area contributed by atoms with Gasteiger partial charge in [0.05, 0.1) is 24.3 Å². The zero-order chi connectivity index (χ0) is 20.6. The maximum absolute atomic E-state index is 12.6. The van der Waals surface area contributed by atoms with E-state index in [0.717, 1.165) is 0 Å². The number of carbonyl (C=O) groups is 2. The van der Waals surface area contributed by atoms with Crippen LogP contribution in [-0.2, 0) is 9.53 Å². The highest BCUT2D eigenvalue weighted by atomic mass is 16.5. The number of nitrogens with one attached hydrogen (secondary N) is 1. The number of anilines is 1. The molecule has 144 valence electrons. The summed E-state index contributed by atoms with van der Waals surface area (Å²) in [4.78, 5) is 24.7. The summed E-state index contributed by atoms with van der Waals surface area (Å²) < 4.78 is 10.2. The minimum atomic E-state index is -0.641. The van der Waals surface area contributed by atoms with Crippen molar-refractivity contribution in [1.29, 1.82) is 5.26 Å². The lowest BCUT2D eigenvalue weighted by Gasteiger charge is -2.11. The fourth-order valence-electron chi connectivity index (χ4n) is 2.79. The second kappa shape index (κ2) is 9.20. The third-order valence-electron chi connectivity index (χ3n) is 4.19. The van der Waals surface area contributed by atoms with E-state index in [0.29, 0.717) is 28.1 Å². The molecule has 0 aliphatic carbocycles. The zero-order valence-electron chi connectivity index (χ0n) is 15.7. The predicted octanol–water partition coefficient (Wildman–Crippen LogP) is 4.03. The third-order valence-corrected chi connectivity index (χ3v) is 4.19. The van der Waals surface area contributed by atoms with Crippen LogP contribution in [0.3, 0.4) is 0 Å². The number of amides is 1. The number of nitrogens with zero attached hydrogens (tertiary/aromatic N) is 1. The van der Waals surface area contributed by atoms with E-state index in [1.165, 1.54) is 0 Å². The molecule has 0 aliphatic rings. The quantitative estimate of drug-likeness (QED) is 0.646. The van der Waals surface area contributed by atoms with Gasteiger partial charge in [0.15, 0.2) is 6.61 Å². The van der Waals surface area contributed by atoms with Crippen molar-refractivity contribution in [1.82, 2.24) is 0 Å². The van der Waals surface area contributed by atoms with Crippen molar-refractivity contribution in [2.24, 2.45) is 0 Å². The Morgan fingerprint density at radius 3 is 2.28 bits per heavy atom. The Morgan fingerprint density at radius 1 is 0.931 bits per heavy atom. The first-order chi connectivity index (χ1) is 14.1. The summed E-state index contributed by atoms with van der Waals surface area (Å²) in [6, 6.07) is 22.7. The number of hydrogen-bond donors (Lipinski definition) is 1. The Hall–Kier alpha value is -4.11. The highest BCUT2D eigenvalue weighted by Crippen LogP contribution is 2.27. The van der Waals surface area contributed by atoms with Crippen LogP contribution < -0.4 is 10.1 Å².